The van der Waals surface area contributed by atoms with Crippen molar-refractivity contribution in [3.63, 3.8) is 0 Å². The molecule has 3 N–H and O–H groups in total. The van der Waals surface area contributed by atoms with Crippen molar-refractivity contribution < 1.29 is 0 Å². The summed E-state index contributed by atoms with van der Waals surface area (Å²) in [6.07, 6.45) is 4.77. The average Bonchev–Trinajstić information content (AvgIpc) is 2.22. The molecule has 0 rings (SSSR count). The van der Waals surface area contributed by atoms with Gasteiger partial charge in [0, 0.05) is 20.1 Å². The predicted molar refractivity (Wildman–Crippen MR) is 62.1 cm³/mol. The zero-order valence-electron chi connectivity index (χ0n) is 9.71. The highest BCUT2D eigenvalue weighted by molar-refractivity contribution is 5.79. The van der Waals surface area contributed by atoms with Crippen LogP contribution in [0.1, 0.15) is 39.5 Å². The Kier molecular flexibility index (Phi) is 8.33. The first-order valence-corrected chi connectivity index (χ1v) is 5.48. The Labute approximate surface area is 87.5 Å². The molecule has 0 amide bonds. The van der Waals surface area contributed by atoms with Gasteiger partial charge >= 0.3 is 0 Å². The maximum atomic E-state index is 5.41. The number of aliphatic imine (C=N–C) groups is 1. The number of hydrogen-bond acceptors (Lipinski definition) is 2. The zero-order chi connectivity index (χ0) is 10.8. The second-order valence-corrected chi connectivity index (χ2v) is 3.39. The highest BCUT2D eigenvalue weighted by Crippen LogP contribution is 1.99. The maximum Gasteiger partial charge on any atom is 0.208 e. The van der Waals surface area contributed by atoms with Crippen molar-refractivity contribution in [1.29, 1.82) is 0 Å². The van der Waals surface area contributed by atoms with Crippen molar-refractivity contribution in [3.8, 4) is 0 Å². The molecule has 0 bridgehead atoms. The van der Waals surface area contributed by atoms with Gasteiger partial charge in [-0.25, -0.2) is 5.84 Å². The molecule has 0 saturated heterocycles. The molecular formula is C10H24N4. The summed E-state index contributed by atoms with van der Waals surface area (Å²) in [7, 11) is 1.76. The second kappa shape index (κ2) is 8.81. The quantitative estimate of drug-likeness (QED) is 0.294. The van der Waals surface area contributed by atoms with Gasteiger partial charge in [-0.15, -0.1) is 0 Å². The minimum absolute atomic E-state index is 0.798. The van der Waals surface area contributed by atoms with E-state index in [2.05, 4.69) is 29.2 Å². The summed E-state index contributed by atoms with van der Waals surface area (Å²) in [6, 6.07) is 0. The first-order valence-electron chi connectivity index (χ1n) is 5.48. The van der Waals surface area contributed by atoms with E-state index in [0.29, 0.717) is 0 Å². The van der Waals surface area contributed by atoms with Gasteiger partial charge in [0.1, 0.15) is 0 Å². The molecule has 0 aliphatic carbocycles. The van der Waals surface area contributed by atoms with Crippen molar-refractivity contribution in [2.45, 2.75) is 39.5 Å². The van der Waals surface area contributed by atoms with E-state index in [1.54, 1.807) is 7.05 Å². The lowest BCUT2D eigenvalue weighted by Gasteiger charge is -2.24. The number of hydrazine groups is 1. The number of hydrogen-bond donors (Lipinski definition) is 2. The fourth-order valence-corrected chi connectivity index (χ4v) is 1.32. The van der Waals surface area contributed by atoms with Gasteiger partial charge in [0.05, 0.1) is 0 Å². The van der Waals surface area contributed by atoms with Gasteiger partial charge in [-0.05, 0) is 12.8 Å². The first kappa shape index (κ1) is 13.2. The molecule has 0 fully saturated rings. The summed E-state index contributed by atoms with van der Waals surface area (Å²) >= 11 is 0. The monoisotopic (exact) mass is 200 g/mol. The third kappa shape index (κ3) is 5.07. The van der Waals surface area contributed by atoms with E-state index in [-0.39, 0.29) is 0 Å². The van der Waals surface area contributed by atoms with E-state index in [4.69, 9.17) is 5.84 Å². The fourth-order valence-electron chi connectivity index (χ4n) is 1.32. The molecule has 84 valence electrons. The number of rotatable bonds is 6. The molecule has 4 nitrogen and oxygen atoms in total. The number of nitrogens with two attached hydrogens (primary N) is 1. The van der Waals surface area contributed by atoms with Crippen LogP contribution in [0.4, 0.5) is 0 Å². The SMILES string of the molecule is CCCCN(CCCC)C(=NC)NN. The van der Waals surface area contributed by atoms with E-state index < -0.39 is 0 Å². The van der Waals surface area contributed by atoms with Crippen molar-refractivity contribution in [1.82, 2.24) is 10.3 Å². The van der Waals surface area contributed by atoms with Crippen LogP contribution in [0.2, 0.25) is 0 Å². The third-order valence-corrected chi connectivity index (χ3v) is 2.20. The number of unbranched alkanes of at least 4 members (excludes halogenated alkanes) is 2. The number of nitrogens with one attached hydrogen (secondary N) is 1. The molecule has 0 aliphatic heterocycles. The van der Waals surface area contributed by atoms with Crippen LogP contribution in [0, 0.1) is 0 Å². The molecule has 0 aromatic rings. The van der Waals surface area contributed by atoms with Crippen molar-refractivity contribution in [3.05, 3.63) is 0 Å². The third-order valence-electron chi connectivity index (χ3n) is 2.20. The summed E-state index contributed by atoms with van der Waals surface area (Å²) in [5.74, 6) is 6.20. The molecule has 0 aromatic heterocycles. The lowest BCUT2D eigenvalue weighted by atomic mass is 10.3. The van der Waals surface area contributed by atoms with Gasteiger partial charge in [-0.3, -0.25) is 10.4 Å². The summed E-state index contributed by atoms with van der Waals surface area (Å²) in [5.41, 5.74) is 2.65. The van der Waals surface area contributed by atoms with E-state index in [0.717, 1.165) is 19.0 Å². The summed E-state index contributed by atoms with van der Waals surface area (Å²) in [5, 5.41) is 0. The van der Waals surface area contributed by atoms with Crippen LogP contribution in [0.25, 0.3) is 0 Å². The van der Waals surface area contributed by atoms with Gasteiger partial charge in [-0.2, -0.15) is 0 Å². The van der Waals surface area contributed by atoms with Gasteiger partial charge in [0.2, 0.25) is 5.96 Å². The zero-order valence-corrected chi connectivity index (χ0v) is 9.71. The highest BCUT2D eigenvalue weighted by Gasteiger charge is 2.07. The van der Waals surface area contributed by atoms with Crippen LogP contribution >= 0.6 is 0 Å². The molecule has 0 unspecified atom stereocenters. The van der Waals surface area contributed by atoms with Crippen LogP contribution in [-0.4, -0.2) is 31.0 Å². The Bertz CT molecular complexity index is 148. The normalized spacial score (nSPS) is 11.6. The highest BCUT2D eigenvalue weighted by atomic mass is 15.4. The molecule has 0 radical (unpaired) electrons. The van der Waals surface area contributed by atoms with E-state index >= 15 is 0 Å². The molecule has 0 aromatic carbocycles. The standard InChI is InChI=1S/C10H24N4/c1-4-6-8-14(9-7-5-2)10(12-3)13-11/h4-9,11H2,1-3H3,(H,12,13). The van der Waals surface area contributed by atoms with Gasteiger partial charge in [0.15, 0.2) is 0 Å². The summed E-state index contributed by atoms with van der Waals surface area (Å²) < 4.78 is 0. The molecular weight excluding hydrogens is 176 g/mol. The Morgan fingerprint density at radius 3 is 2.00 bits per heavy atom. The Morgan fingerprint density at radius 2 is 1.71 bits per heavy atom. The minimum Gasteiger partial charge on any atom is -0.342 e. The predicted octanol–water partition coefficient (Wildman–Crippen LogP) is 1.34. The molecule has 14 heavy (non-hydrogen) atoms. The van der Waals surface area contributed by atoms with Gasteiger partial charge in [-0.1, -0.05) is 26.7 Å². The molecule has 0 aliphatic rings. The van der Waals surface area contributed by atoms with E-state index in [1.165, 1.54) is 25.7 Å². The van der Waals surface area contributed by atoms with Crippen molar-refractivity contribution >= 4 is 5.96 Å². The van der Waals surface area contributed by atoms with E-state index in [1.807, 2.05) is 0 Å². The molecule has 0 heterocycles. The van der Waals surface area contributed by atoms with E-state index in [9.17, 15) is 0 Å². The average molecular weight is 200 g/mol. The first-order chi connectivity index (χ1) is 6.79. The maximum absolute atomic E-state index is 5.41. The van der Waals surface area contributed by atoms with Gasteiger partial charge < -0.3 is 4.90 Å². The van der Waals surface area contributed by atoms with Crippen LogP contribution < -0.4 is 11.3 Å². The number of nitrogens with zero attached hydrogens (tertiary/aromatic N) is 2. The van der Waals surface area contributed by atoms with Crippen molar-refractivity contribution in [2.24, 2.45) is 10.8 Å². The Morgan fingerprint density at radius 1 is 1.21 bits per heavy atom. The molecule has 0 atom stereocenters. The van der Waals surface area contributed by atoms with Crippen LogP contribution in [-0.2, 0) is 0 Å². The van der Waals surface area contributed by atoms with Gasteiger partial charge in [0.25, 0.3) is 0 Å². The minimum atomic E-state index is 0.798. The smallest absolute Gasteiger partial charge is 0.208 e. The lowest BCUT2D eigenvalue weighted by molar-refractivity contribution is 0.385. The molecule has 0 spiro atoms. The number of guanidine groups is 1. The lowest BCUT2D eigenvalue weighted by Crippen LogP contribution is -2.45. The Hall–Kier alpha value is -0.770. The summed E-state index contributed by atoms with van der Waals surface area (Å²) in [4.78, 5) is 6.33. The summed E-state index contributed by atoms with van der Waals surface area (Å²) in [6.45, 7) is 6.45. The largest absolute Gasteiger partial charge is 0.342 e. The fraction of sp³-hybridized carbons (Fsp3) is 0.900. The van der Waals surface area contributed by atoms with Crippen LogP contribution in [0.15, 0.2) is 4.99 Å². The molecule has 0 saturated carbocycles. The van der Waals surface area contributed by atoms with Crippen LogP contribution in [0.3, 0.4) is 0 Å². The Balaban J connectivity index is 4.07. The topological polar surface area (TPSA) is 53.6 Å². The molecule has 4 heteroatoms. The van der Waals surface area contributed by atoms with Crippen molar-refractivity contribution in [2.75, 3.05) is 20.1 Å². The van der Waals surface area contributed by atoms with Crippen LogP contribution in [0.5, 0.6) is 0 Å². The second-order valence-electron chi connectivity index (χ2n) is 3.39.